The van der Waals surface area contributed by atoms with Gasteiger partial charge in [-0.15, -0.1) is 0 Å². The van der Waals surface area contributed by atoms with E-state index in [9.17, 15) is 9.59 Å². The highest BCUT2D eigenvalue weighted by atomic mass is 16.1. The second-order valence-corrected chi connectivity index (χ2v) is 9.31. The average Bonchev–Trinajstić information content (AvgIpc) is 2.28. The van der Waals surface area contributed by atoms with Crippen molar-refractivity contribution in [3.8, 4) is 0 Å². The largest absolute Gasteiger partial charge is 0.300 e. The summed E-state index contributed by atoms with van der Waals surface area (Å²) in [6.45, 7) is 15.0. The van der Waals surface area contributed by atoms with Crippen molar-refractivity contribution >= 4 is 11.6 Å². The number of hydrogen-bond donors (Lipinski definition) is 0. The van der Waals surface area contributed by atoms with Crippen LogP contribution in [0.1, 0.15) is 99.8 Å². The van der Waals surface area contributed by atoms with E-state index in [1.165, 1.54) is 0 Å². The van der Waals surface area contributed by atoms with Gasteiger partial charge in [0.15, 0.2) is 0 Å². The fourth-order valence-electron chi connectivity index (χ4n) is 3.01. The molecule has 130 valence electrons. The van der Waals surface area contributed by atoms with Gasteiger partial charge in [-0.3, -0.25) is 4.79 Å². The van der Waals surface area contributed by atoms with Crippen molar-refractivity contribution in [2.75, 3.05) is 0 Å². The lowest BCUT2D eigenvalue weighted by Gasteiger charge is -2.30. The third kappa shape index (κ3) is 13.0. The van der Waals surface area contributed by atoms with Crippen molar-refractivity contribution < 1.29 is 9.59 Å². The highest BCUT2D eigenvalue weighted by Crippen LogP contribution is 2.34. The molecule has 0 atom stereocenters. The highest BCUT2D eigenvalue weighted by Gasteiger charge is 2.28. The molecule has 0 fully saturated rings. The Labute approximate surface area is 138 Å². The third-order valence-electron chi connectivity index (χ3n) is 3.87. The lowest BCUT2D eigenvalue weighted by molar-refractivity contribution is -0.125. The van der Waals surface area contributed by atoms with Gasteiger partial charge in [0.1, 0.15) is 11.6 Å². The van der Waals surface area contributed by atoms with E-state index in [0.717, 1.165) is 38.5 Å². The number of unbranched alkanes of at least 4 members (excludes halogenated alkanes) is 3. The Morgan fingerprint density at radius 1 is 0.727 bits per heavy atom. The molecular formula is C20H38O2. The summed E-state index contributed by atoms with van der Waals surface area (Å²) in [6, 6.07) is 0. The molecule has 0 N–H and O–H groups in total. The molecule has 0 saturated heterocycles. The molecular weight excluding hydrogens is 272 g/mol. The quantitative estimate of drug-likeness (QED) is 0.465. The first-order valence-electron chi connectivity index (χ1n) is 8.93. The zero-order valence-electron chi connectivity index (χ0n) is 16.1. The Kier molecular flexibility index (Phi) is 9.19. The summed E-state index contributed by atoms with van der Waals surface area (Å²) in [5.41, 5.74) is 0.403. The molecule has 0 spiro atoms. The van der Waals surface area contributed by atoms with E-state index in [-0.39, 0.29) is 22.5 Å². The van der Waals surface area contributed by atoms with Crippen LogP contribution >= 0.6 is 0 Å². The van der Waals surface area contributed by atoms with Gasteiger partial charge in [-0.2, -0.15) is 0 Å². The van der Waals surface area contributed by atoms with Crippen molar-refractivity contribution in [3.63, 3.8) is 0 Å². The Morgan fingerprint density at radius 3 is 1.50 bits per heavy atom. The van der Waals surface area contributed by atoms with Crippen LogP contribution in [0.5, 0.6) is 0 Å². The van der Waals surface area contributed by atoms with E-state index in [1.807, 2.05) is 0 Å². The summed E-state index contributed by atoms with van der Waals surface area (Å²) in [5.74, 6) is 0.903. The molecule has 0 unspecified atom stereocenters. The summed E-state index contributed by atoms with van der Waals surface area (Å²) < 4.78 is 0. The van der Waals surface area contributed by atoms with Gasteiger partial charge in [0.25, 0.3) is 0 Å². The van der Waals surface area contributed by atoms with Gasteiger partial charge in [-0.1, -0.05) is 54.4 Å². The molecule has 0 aromatic carbocycles. The normalized spacial score (nSPS) is 12.7. The molecule has 0 rings (SSSR count). The van der Waals surface area contributed by atoms with Gasteiger partial charge in [0.2, 0.25) is 0 Å². The lowest BCUT2D eigenvalue weighted by Crippen LogP contribution is -2.25. The predicted octanol–water partition coefficient (Wildman–Crippen LogP) is 5.97. The summed E-state index contributed by atoms with van der Waals surface area (Å²) in [5, 5.41) is 0. The average molecular weight is 311 g/mol. The molecule has 0 amide bonds. The minimum atomic E-state index is 0.192. The first kappa shape index (κ1) is 21.3. The van der Waals surface area contributed by atoms with Gasteiger partial charge in [-0.25, -0.2) is 0 Å². The van der Waals surface area contributed by atoms with Gasteiger partial charge >= 0.3 is 0 Å². The van der Waals surface area contributed by atoms with Crippen LogP contribution in [0, 0.1) is 16.7 Å². The van der Waals surface area contributed by atoms with Crippen LogP contribution in [-0.2, 0) is 9.59 Å². The SMILES string of the molecule is CC(=O)CCCCCCC(=O)C(CC(C)(C)C)CC(C)(C)C. The van der Waals surface area contributed by atoms with Crippen LogP contribution in [0.25, 0.3) is 0 Å². The minimum Gasteiger partial charge on any atom is -0.300 e. The van der Waals surface area contributed by atoms with Gasteiger partial charge in [0.05, 0.1) is 0 Å². The standard InChI is InChI=1S/C20H38O2/c1-16(21)12-10-8-9-11-13-18(22)17(14-19(2,3)4)15-20(5,6)7/h17H,8-15H2,1-7H3. The fourth-order valence-corrected chi connectivity index (χ4v) is 3.01. The predicted molar refractivity (Wildman–Crippen MR) is 95.0 cm³/mol. The number of rotatable bonds is 10. The van der Waals surface area contributed by atoms with Gasteiger partial charge in [-0.05, 0) is 43.4 Å². The topological polar surface area (TPSA) is 34.1 Å². The molecule has 0 aliphatic heterocycles. The summed E-state index contributed by atoms with van der Waals surface area (Å²) in [7, 11) is 0. The lowest BCUT2D eigenvalue weighted by atomic mass is 9.74. The maximum atomic E-state index is 12.6. The van der Waals surface area contributed by atoms with E-state index in [1.54, 1.807) is 6.92 Å². The van der Waals surface area contributed by atoms with Crippen molar-refractivity contribution in [3.05, 3.63) is 0 Å². The van der Waals surface area contributed by atoms with E-state index in [2.05, 4.69) is 41.5 Å². The van der Waals surface area contributed by atoms with Gasteiger partial charge < -0.3 is 4.79 Å². The summed E-state index contributed by atoms with van der Waals surface area (Å²) >= 11 is 0. The third-order valence-corrected chi connectivity index (χ3v) is 3.87. The fraction of sp³-hybridized carbons (Fsp3) is 0.900. The number of ketones is 2. The molecule has 0 saturated carbocycles. The molecule has 0 aromatic rings. The van der Waals surface area contributed by atoms with E-state index >= 15 is 0 Å². The Hall–Kier alpha value is -0.660. The molecule has 2 nitrogen and oxygen atoms in total. The van der Waals surface area contributed by atoms with Crippen LogP contribution in [0.15, 0.2) is 0 Å². The smallest absolute Gasteiger partial charge is 0.136 e. The highest BCUT2D eigenvalue weighted by molar-refractivity contribution is 5.81. The van der Waals surface area contributed by atoms with Crippen LogP contribution in [0.3, 0.4) is 0 Å². The molecule has 0 aliphatic rings. The second kappa shape index (κ2) is 9.47. The molecule has 2 heteroatoms. The van der Waals surface area contributed by atoms with E-state index < -0.39 is 0 Å². The minimum absolute atomic E-state index is 0.192. The van der Waals surface area contributed by atoms with Crippen LogP contribution in [0.2, 0.25) is 0 Å². The number of carbonyl (C=O) groups excluding carboxylic acids is 2. The Bertz CT molecular complexity index is 326. The zero-order chi connectivity index (χ0) is 17.4. The summed E-state index contributed by atoms with van der Waals surface area (Å²) in [4.78, 5) is 23.5. The van der Waals surface area contributed by atoms with Crippen molar-refractivity contribution in [1.29, 1.82) is 0 Å². The number of carbonyl (C=O) groups is 2. The first-order valence-corrected chi connectivity index (χ1v) is 8.93. The maximum Gasteiger partial charge on any atom is 0.136 e. The molecule has 0 aliphatic carbocycles. The van der Waals surface area contributed by atoms with E-state index in [4.69, 9.17) is 0 Å². The molecule has 0 bridgehead atoms. The van der Waals surface area contributed by atoms with E-state index in [0.29, 0.717) is 18.6 Å². The molecule has 22 heavy (non-hydrogen) atoms. The van der Waals surface area contributed by atoms with Crippen LogP contribution in [0.4, 0.5) is 0 Å². The van der Waals surface area contributed by atoms with Crippen molar-refractivity contribution in [1.82, 2.24) is 0 Å². The maximum absolute atomic E-state index is 12.6. The Balaban J connectivity index is 4.25. The number of Topliss-reactive ketones (excluding diaryl/α,β-unsaturated/α-hetero) is 2. The number of hydrogen-bond acceptors (Lipinski definition) is 2. The molecule has 0 aromatic heterocycles. The van der Waals surface area contributed by atoms with Crippen LogP contribution in [-0.4, -0.2) is 11.6 Å². The van der Waals surface area contributed by atoms with Crippen molar-refractivity contribution in [2.24, 2.45) is 16.7 Å². The monoisotopic (exact) mass is 310 g/mol. The zero-order valence-corrected chi connectivity index (χ0v) is 16.1. The Morgan fingerprint density at radius 2 is 1.14 bits per heavy atom. The first-order chi connectivity index (χ1) is 9.91. The molecule has 0 radical (unpaired) electrons. The molecule has 0 heterocycles. The van der Waals surface area contributed by atoms with Gasteiger partial charge in [0, 0.05) is 18.8 Å². The second-order valence-electron chi connectivity index (χ2n) is 9.31. The van der Waals surface area contributed by atoms with Crippen LogP contribution < -0.4 is 0 Å². The summed E-state index contributed by atoms with van der Waals surface area (Å²) in [6.07, 6.45) is 7.42. The van der Waals surface area contributed by atoms with Crippen molar-refractivity contribution in [2.45, 2.75) is 99.8 Å².